The summed E-state index contributed by atoms with van der Waals surface area (Å²) >= 11 is 0. The first-order chi connectivity index (χ1) is 33.7. The van der Waals surface area contributed by atoms with Crippen molar-refractivity contribution in [3.63, 3.8) is 0 Å². The number of carboxylic acid groups (broad SMARTS) is 1. The molecule has 1 aliphatic rings. The molecule has 0 atom stereocenters. The number of hydrogen-bond donors (Lipinski definition) is 3. The van der Waals surface area contributed by atoms with Gasteiger partial charge in [-0.15, -0.1) is 10.2 Å². The van der Waals surface area contributed by atoms with Crippen LogP contribution in [0, 0.1) is 36.5 Å². The van der Waals surface area contributed by atoms with Crippen LogP contribution < -0.4 is 10.6 Å². The molecule has 0 fully saturated rings. The number of carbonyl (C=O) groups is 1. The lowest BCUT2D eigenvalue weighted by Gasteiger charge is -2.15. The molecule has 0 bridgehead atoms. The monoisotopic (exact) mass is 939 g/mol. The average molecular weight is 940 g/mol. The van der Waals surface area contributed by atoms with Crippen LogP contribution in [0.5, 0.6) is 0 Å². The van der Waals surface area contributed by atoms with Gasteiger partial charge in [0, 0.05) is 59.5 Å². The molecule has 17 nitrogen and oxygen atoms in total. The zero-order valence-electron chi connectivity index (χ0n) is 39.5. The summed E-state index contributed by atoms with van der Waals surface area (Å²) in [5.41, 5.74) is 11.2. The maximum Gasteiger partial charge on any atom is 0.317 e. The van der Waals surface area contributed by atoms with E-state index in [1.807, 2.05) is 108 Å². The summed E-state index contributed by atoms with van der Waals surface area (Å²) in [5, 5.41) is 46.5. The van der Waals surface area contributed by atoms with Crippen LogP contribution in [-0.2, 0) is 22.2 Å². The summed E-state index contributed by atoms with van der Waals surface area (Å²) < 4.78 is 11.6. The molecule has 9 rings (SSSR count). The minimum atomic E-state index is -0.894. The second-order valence-electron chi connectivity index (χ2n) is 17.7. The third-order valence-electron chi connectivity index (χ3n) is 11.7. The number of benzene rings is 2. The first kappa shape index (κ1) is 47.8. The summed E-state index contributed by atoms with van der Waals surface area (Å²) in [6.07, 6.45) is 9.97. The summed E-state index contributed by atoms with van der Waals surface area (Å²) in [5.74, 6) is 0.336. The second kappa shape index (κ2) is 20.7. The highest BCUT2D eigenvalue weighted by Crippen LogP contribution is 2.32. The lowest BCUT2D eigenvalue weighted by atomic mass is 9.90. The van der Waals surface area contributed by atoms with Gasteiger partial charge in [0.25, 0.3) is 5.89 Å². The highest BCUT2D eigenvalue weighted by molar-refractivity contribution is 5.71. The maximum atomic E-state index is 10.6. The van der Waals surface area contributed by atoms with E-state index in [-0.39, 0.29) is 12.3 Å². The van der Waals surface area contributed by atoms with Gasteiger partial charge < -0.3 is 24.7 Å². The van der Waals surface area contributed by atoms with E-state index in [0.717, 1.165) is 47.3 Å². The van der Waals surface area contributed by atoms with E-state index in [2.05, 4.69) is 76.3 Å². The van der Waals surface area contributed by atoms with Crippen LogP contribution in [0.15, 0.2) is 119 Å². The Morgan fingerprint density at radius 3 is 1.89 bits per heavy atom. The molecule has 0 amide bonds. The molecule has 7 heterocycles. The summed E-state index contributed by atoms with van der Waals surface area (Å²) in [7, 11) is 0. The van der Waals surface area contributed by atoms with Crippen molar-refractivity contribution < 1.29 is 24.5 Å². The molecule has 0 radical (unpaired) electrons. The quantitative estimate of drug-likeness (QED) is 0.0972. The van der Waals surface area contributed by atoms with E-state index < -0.39 is 16.8 Å². The number of aliphatic carboxylic acids is 1. The van der Waals surface area contributed by atoms with Gasteiger partial charge in [-0.25, -0.2) is 9.97 Å². The Morgan fingerprint density at radius 1 is 0.729 bits per heavy atom. The topological polar surface area (TPSA) is 251 Å². The third kappa shape index (κ3) is 11.0. The predicted molar refractivity (Wildman–Crippen MR) is 270 cm³/mol. The van der Waals surface area contributed by atoms with Gasteiger partial charge in [-0.3, -0.25) is 24.7 Å². The fourth-order valence-electron chi connectivity index (χ4n) is 7.37. The molecule has 358 valence electrons. The highest BCUT2D eigenvalue weighted by Gasteiger charge is 2.24. The lowest BCUT2D eigenvalue weighted by Crippen LogP contribution is -2.21. The number of aromatic nitrogens is 9. The fourth-order valence-corrected chi connectivity index (χ4v) is 7.37. The number of rotatable bonds is 13. The molecule has 0 aliphatic carbocycles. The molecule has 3 N–H and O–H groups in total. The molecule has 2 aromatic carbocycles. The Balaban J connectivity index is 0.000000304. The van der Waals surface area contributed by atoms with Gasteiger partial charge >= 0.3 is 5.97 Å². The van der Waals surface area contributed by atoms with E-state index in [1.54, 1.807) is 24.8 Å². The molecule has 8 aromatic rings. The number of carboxylic acids is 1. The number of aryl methyl sites for hydroxylation is 2. The molecule has 0 saturated heterocycles. The van der Waals surface area contributed by atoms with Gasteiger partial charge in [-0.05, 0) is 108 Å². The van der Waals surface area contributed by atoms with Gasteiger partial charge in [0.2, 0.25) is 5.89 Å². The van der Waals surface area contributed by atoms with Gasteiger partial charge in [0.05, 0.1) is 76.1 Å². The number of hydrogen-bond acceptors (Lipinski definition) is 16. The van der Waals surface area contributed by atoms with Crippen LogP contribution in [0.4, 0.5) is 0 Å². The van der Waals surface area contributed by atoms with Crippen LogP contribution in [0.3, 0.4) is 0 Å². The first-order valence-corrected chi connectivity index (χ1v) is 22.5. The zero-order valence-corrected chi connectivity index (χ0v) is 39.5. The van der Waals surface area contributed by atoms with Crippen molar-refractivity contribution in [2.24, 2.45) is 0 Å². The minimum absolute atomic E-state index is 0. The van der Waals surface area contributed by atoms with Gasteiger partial charge in [-0.2, -0.15) is 10.5 Å². The Morgan fingerprint density at radius 2 is 1.30 bits per heavy atom. The largest absolute Gasteiger partial charge is 0.480 e. The normalized spacial score (nSPS) is 12.5. The third-order valence-corrected chi connectivity index (χ3v) is 11.7. The molecular formula is C53H57N13O4. The van der Waals surface area contributed by atoms with E-state index in [1.165, 1.54) is 11.1 Å². The van der Waals surface area contributed by atoms with Gasteiger partial charge in [0.1, 0.15) is 17.1 Å². The van der Waals surface area contributed by atoms with E-state index >= 15 is 0 Å². The van der Waals surface area contributed by atoms with Gasteiger partial charge in [0.15, 0.2) is 5.76 Å². The molecule has 6 aromatic heterocycles. The Bertz CT molecular complexity index is 3310. The van der Waals surface area contributed by atoms with Crippen molar-refractivity contribution in [3.8, 4) is 80.4 Å². The molecule has 1 aliphatic heterocycles. The van der Waals surface area contributed by atoms with E-state index in [0.29, 0.717) is 75.3 Å². The van der Waals surface area contributed by atoms with Crippen LogP contribution >= 0.6 is 0 Å². The van der Waals surface area contributed by atoms with Crippen molar-refractivity contribution in [1.82, 2.24) is 55.9 Å². The van der Waals surface area contributed by atoms with E-state index in [9.17, 15) is 15.3 Å². The second-order valence-corrected chi connectivity index (χ2v) is 17.7. The number of nitriles is 2. The summed E-state index contributed by atoms with van der Waals surface area (Å²) in [6.45, 7) is 13.3. The lowest BCUT2D eigenvalue weighted by molar-refractivity contribution is -0.136. The number of nitrogens with zero attached hydrogens (tertiary/aromatic N) is 11. The molecule has 0 unspecified atom stereocenters. The Labute approximate surface area is 410 Å². The van der Waals surface area contributed by atoms with Crippen LogP contribution in [0.1, 0.15) is 73.7 Å². The molecular weight excluding hydrogens is 883 g/mol. The predicted octanol–water partition coefficient (Wildman–Crippen LogP) is 9.87. The summed E-state index contributed by atoms with van der Waals surface area (Å²) in [6, 6.07) is 29.6. The Kier molecular flexibility index (Phi) is 14.1. The Hall–Kier alpha value is -8.64. The number of pyridine rings is 2. The molecule has 70 heavy (non-hydrogen) atoms. The van der Waals surface area contributed by atoms with Crippen LogP contribution in [-0.4, -0.2) is 76.0 Å². The smallest absolute Gasteiger partial charge is 0.317 e. The van der Waals surface area contributed by atoms with Crippen molar-refractivity contribution in [1.29, 1.82) is 10.5 Å². The van der Waals surface area contributed by atoms with E-state index in [4.69, 9.17) is 24.0 Å². The molecule has 0 spiro atoms. The fraction of sp³-hybridized carbons (Fsp3) is 0.245. The van der Waals surface area contributed by atoms with Crippen molar-refractivity contribution in [2.75, 3.05) is 19.6 Å². The van der Waals surface area contributed by atoms with Crippen LogP contribution in [0.2, 0.25) is 0 Å². The maximum absolute atomic E-state index is 10.6. The standard InChI is InChI=1S/C27H25N7O.C26H24N6O3.4H2/c1-17-24(32-22(15-31-17)21-10-13-30-23(14-21)27(2,3)16-28)26-34-33-25(35-26)20-6-4-18(5-7-20)19-8-11-29-12-9-19;1-16-25(31-21(13-30-16)19-8-9-29-23(10-19)26(2,3)15-27)22-11-20(32-35-22)18-6-4-17(5-7-18)12-28-14-24(33)34;;;;/h4-8,10,13-15,29H,9,11-12H2,1-3H3;4-11,13,28H,12,14H2,1-3H3,(H,33,34);4*1H. The van der Waals surface area contributed by atoms with Crippen LogP contribution in [0.25, 0.3) is 73.8 Å². The average Bonchev–Trinajstić information content (AvgIpc) is 4.09. The van der Waals surface area contributed by atoms with Gasteiger partial charge in [-0.1, -0.05) is 47.6 Å². The molecule has 17 heteroatoms. The minimum Gasteiger partial charge on any atom is -0.480 e. The van der Waals surface area contributed by atoms with Crippen molar-refractivity contribution in [2.45, 2.75) is 65.3 Å². The summed E-state index contributed by atoms with van der Waals surface area (Å²) in [4.78, 5) is 37.9. The van der Waals surface area contributed by atoms with Crippen molar-refractivity contribution in [3.05, 3.63) is 144 Å². The molecule has 0 saturated carbocycles. The SMILES string of the molecule is Cc1ncc(-c2ccnc(C(C)(C)C#N)c2)nc1-c1cc(-c2ccc(CNCC(=O)O)cc2)no1.Cc1ncc(-c2ccnc(C(C)(C)C#N)c2)nc1-c1nnc(-c2ccc(C3=CCNCC3)cc2)o1.[HH].[HH].[HH].[HH]. The first-order valence-electron chi connectivity index (χ1n) is 22.5. The zero-order chi connectivity index (χ0) is 49.4. The van der Waals surface area contributed by atoms with Crippen molar-refractivity contribution >= 4 is 11.5 Å². The number of nitrogens with one attached hydrogen (secondary N) is 2. The highest BCUT2D eigenvalue weighted by atomic mass is 16.5.